The van der Waals surface area contributed by atoms with Crippen molar-refractivity contribution in [1.82, 2.24) is 16.0 Å². The van der Waals surface area contributed by atoms with Crippen molar-refractivity contribution in [2.45, 2.75) is 69.5 Å². The standard InChI is InChI=1S/C48H48N4O7/c53-43-31-38(48(58)59)27-34-19-22-39(23-20-34)49-44(54)25-26-45(55)50-40(24-21-32-11-4-1-5-12-32)46(56)52-42(47(57)51-41(43)29-33-13-6-2-7-14-33)30-35-15-10-18-37(28-35)36-16-8-3-9-17-36/h1-20,22-23,28,38,40-42H,21,24-27,29-31H2,(H,49,54)(H,50,55)(H,51,57)(H,52,56)(H,58,59)/t38-,40-,41-,42+/m1/s1. The van der Waals surface area contributed by atoms with Gasteiger partial charge >= 0.3 is 5.97 Å². The molecule has 5 aromatic carbocycles. The van der Waals surface area contributed by atoms with E-state index >= 15 is 0 Å². The molecule has 4 amide bonds. The minimum Gasteiger partial charge on any atom is -0.481 e. The molecule has 0 spiro atoms. The van der Waals surface area contributed by atoms with Crippen molar-refractivity contribution in [1.29, 1.82) is 0 Å². The van der Waals surface area contributed by atoms with Gasteiger partial charge in [-0.2, -0.15) is 0 Å². The number of carboxylic acids is 1. The molecule has 7 rings (SSSR count). The highest BCUT2D eigenvalue weighted by Gasteiger charge is 2.32. The summed E-state index contributed by atoms with van der Waals surface area (Å²) in [5.41, 5.74) is 5.39. The van der Waals surface area contributed by atoms with E-state index in [0.717, 1.165) is 27.8 Å². The van der Waals surface area contributed by atoms with E-state index in [1.54, 1.807) is 24.3 Å². The number of hydrogen-bond donors (Lipinski definition) is 5. The van der Waals surface area contributed by atoms with E-state index < -0.39 is 59.4 Å². The van der Waals surface area contributed by atoms with Gasteiger partial charge in [-0.05, 0) is 71.2 Å². The largest absolute Gasteiger partial charge is 0.481 e. The van der Waals surface area contributed by atoms with E-state index in [0.29, 0.717) is 17.7 Å². The second-order valence-corrected chi connectivity index (χ2v) is 14.9. The number of Topliss-reactive ketones (excluding diaryl/α,β-unsaturated/α-hetero) is 1. The maximum absolute atomic E-state index is 14.5. The second kappa shape index (κ2) is 20.5. The Morgan fingerprint density at radius 3 is 1.78 bits per heavy atom. The van der Waals surface area contributed by atoms with Crippen LogP contribution >= 0.6 is 0 Å². The number of carbonyl (C=O) groups excluding carboxylic acids is 5. The first-order chi connectivity index (χ1) is 28.6. The van der Waals surface area contributed by atoms with Crippen LogP contribution < -0.4 is 21.3 Å². The number of carboxylic acid groups (broad SMARTS) is 1. The van der Waals surface area contributed by atoms with E-state index in [9.17, 15) is 33.9 Å². The maximum atomic E-state index is 14.5. The molecule has 0 saturated carbocycles. The van der Waals surface area contributed by atoms with Crippen LogP contribution in [-0.4, -0.2) is 58.6 Å². The molecule has 2 aliphatic rings. The number of rotatable bonds is 9. The molecule has 0 aliphatic carbocycles. The third-order valence-electron chi connectivity index (χ3n) is 10.4. The Labute approximate surface area is 343 Å². The Morgan fingerprint density at radius 1 is 0.542 bits per heavy atom. The summed E-state index contributed by atoms with van der Waals surface area (Å²) in [4.78, 5) is 81.8. The van der Waals surface area contributed by atoms with Crippen molar-refractivity contribution < 1.29 is 33.9 Å². The van der Waals surface area contributed by atoms with Crippen molar-refractivity contribution in [3.05, 3.63) is 162 Å². The second-order valence-electron chi connectivity index (χ2n) is 14.9. The molecule has 5 N–H and O–H groups in total. The fraction of sp³-hybridized carbons (Fsp3) is 0.250. The van der Waals surface area contributed by atoms with Crippen LogP contribution in [0.15, 0.2) is 140 Å². The number of benzene rings is 5. The zero-order chi connectivity index (χ0) is 41.6. The zero-order valence-corrected chi connectivity index (χ0v) is 32.6. The summed E-state index contributed by atoms with van der Waals surface area (Å²) in [7, 11) is 0. The summed E-state index contributed by atoms with van der Waals surface area (Å²) in [5, 5.41) is 21.6. The van der Waals surface area contributed by atoms with Gasteiger partial charge in [0.2, 0.25) is 23.6 Å². The van der Waals surface area contributed by atoms with E-state index in [1.807, 2.05) is 115 Å². The van der Waals surface area contributed by atoms with Crippen molar-refractivity contribution in [3.8, 4) is 11.1 Å². The van der Waals surface area contributed by atoms with E-state index in [2.05, 4.69) is 21.3 Å². The molecule has 302 valence electrons. The average molecular weight is 793 g/mol. The van der Waals surface area contributed by atoms with Crippen LogP contribution in [-0.2, 0) is 54.5 Å². The highest BCUT2D eigenvalue weighted by Crippen LogP contribution is 2.22. The molecular weight excluding hydrogens is 745 g/mol. The quantitative estimate of drug-likeness (QED) is 0.116. The van der Waals surface area contributed by atoms with E-state index in [4.69, 9.17) is 0 Å². The number of carbonyl (C=O) groups is 6. The normalized spacial score (nSPS) is 19.7. The Hall–Kier alpha value is -6.88. The lowest BCUT2D eigenvalue weighted by molar-refractivity contribution is -0.144. The van der Waals surface area contributed by atoms with Gasteiger partial charge in [0.1, 0.15) is 12.1 Å². The van der Waals surface area contributed by atoms with Gasteiger partial charge in [-0.3, -0.25) is 28.8 Å². The van der Waals surface area contributed by atoms with E-state index in [-0.39, 0.29) is 44.9 Å². The number of hydrogen-bond acceptors (Lipinski definition) is 6. The van der Waals surface area contributed by atoms with Gasteiger partial charge in [0, 0.05) is 31.4 Å². The van der Waals surface area contributed by atoms with Gasteiger partial charge < -0.3 is 26.4 Å². The molecule has 5 aromatic rings. The lowest BCUT2D eigenvalue weighted by Crippen LogP contribution is -2.57. The topological polar surface area (TPSA) is 171 Å². The first-order valence-corrected chi connectivity index (χ1v) is 19.9. The molecule has 2 aliphatic heterocycles. The van der Waals surface area contributed by atoms with Crippen LogP contribution in [0.2, 0.25) is 0 Å². The number of fused-ring (bicyclic) bond motifs is 18. The number of amides is 4. The smallest absolute Gasteiger partial charge is 0.307 e. The van der Waals surface area contributed by atoms with Crippen molar-refractivity contribution in [2.24, 2.45) is 5.92 Å². The Balaban J connectivity index is 1.35. The summed E-state index contributed by atoms with van der Waals surface area (Å²) in [5.74, 6) is -4.94. The molecule has 11 nitrogen and oxygen atoms in total. The fourth-order valence-corrected chi connectivity index (χ4v) is 7.18. The lowest BCUT2D eigenvalue weighted by Gasteiger charge is -2.26. The molecule has 0 radical (unpaired) electrons. The predicted octanol–water partition coefficient (Wildman–Crippen LogP) is 5.86. The van der Waals surface area contributed by atoms with Crippen LogP contribution in [0.3, 0.4) is 0 Å². The highest BCUT2D eigenvalue weighted by atomic mass is 16.4. The summed E-state index contributed by atoms with van der Waals surface area (Å²) < 4.78 is 0. The number of ketones is 1. The van der Waals surface area contributed by atoms with Crippen LogP contribution in [0.25, 0.3) is 11.1 Å². The first-order valence-electron chi connectivity index (χ1n) is 19.9. The molecule has 59 heavy (non-hydrogen) atoms. The molecule has 2 bridgehead atoms. The van der Waals surface area contributed by atoms with Crippen molar-refractivity contribution in [2.75, 3.05) is 5.32 Å². The van der Waals surface area contributed by atoms with Crippen LogP contribution in [0.1, 0.15) is 47.9 Å². The van der Waals surface area contributed by atoms with Gasteiger partial charge in [0.05, 0.1) is 12.0 Å². The number of nitrogens with one attached hydrogen (secondary N) is 4. The summed E-state index contributed by atoms with van der Waals surface area (Å²) in [6, 6.07) is 39.1. The Bertz CT molecular complexity index is 2230. The minimum absolute atomic E-state index is 0.0300. The minimum atomic E-state index is -1.20. The molecule has 11 heteroatoms. The zero-order valence-electron chi connectivity index (χ0n) is 32.6. The molecule has 4 atom stereocenters. The number of anilines is 1. The van der Waals surface area contributed by atoms with Gasteiger partial charge in [-0.25, -0.2) is 0 Å². The van der Waals surface area contributed by atoms with Crippen LogP contribution in [0.5, 0.6) is 0 Å². The summed E-state index contributed by atoms with van der Waals surface area (Å²) in [6.07, 6.45) is 0.0726. The first kappa shape index (κ1) is 41.7. The third kappa shape index (κ3) is 12.6. The van der Waals surface area contributed by atoms with Crippen LogP contribution in [0.4, 0.5) is 5.69 Å². The molecule has 0 saturated heterocycles. The van der Waals surface area contributed by atoms with E-state index in [1.165, 1.54) is 0 Å². The number of aryl methyl sites for hydroxylation is 1. The molecule has 0 fully saturated rings. The third-order valence-corrected chi connectivity index (χ3v) is 10.4. The lowest BCUT2D eigenvalue weighted by atomic mass is 9.90. The van der Waals surface area contributed by atoms with Gasteiger partial charge in [-0.1, -0.05) is 127 Å². The molecule has 0 unspecified atom stereocenters. The molecule has 2 heterocycles. The SMILES string of the molecule is O=C1CCC(=O)N[C@H](CCc2ccccc2)C(=O)N[C@@H](Cc2cccc(-c3ccccc3)c2)C(=O)N[C@H](Cc2ccccc2)C(=O)C[C@H](C(=O)O)Cc2ccc(cc2)N1. The fourth-order valence-electron chi connectivity index (χ4n) is 7.18. The molecular formula is C48H48N4O7. The molecule has 0 aromatic heterocycles. The van der Waals surface area contributed by atoms with Crippen molar-refractivity contribution >= 4 is 41.1 Å². The summed E-state index contributed by atoms with van der Waals surface area (Å²) >= 11 is 0. The Morgan fingerprint density at radius 2 is 1.10 bits per heavy atom. The van der Waals surface area contributed by atoms with Gasteiger partial charge in [0.25, 0.3) is 0 Å². The van der Waals surface area contributed by atoms with Gasteiger partial charge in [-0.15, -0.1) is 0 Å². The monoisotopic (exact) mass is 792 g/mol. The van der Waals surface area contributed by atoms with Crippen LogP contribution in [0, 0.1) is 5.92 Å². The average Bonchev–Trinajstić information content (AvgIpc) is 3.25. The maximum Gasteiger partial charge on any atom is 0.307 e. The predicted molar refractivity (Wildman–Crippen MR) is 225 cm³/mol. The van der Waals surface area contributed by atoms with Crippen molar-refractivity contribution in [3.63, 3.8) is 0 Å². The Kier molecular flexibility index (Phi) is 14.5. The highest BCUT2D eigenvalue weighted by molar-refractivity contribution is 5.97. The number of aliphatic carboxylic acids is 1. The summed E-state index contributed by atoms with van der Waals surface area (Å²) in [6.45, 7) is 0. The van der Waals surface area contributed by atoms with Gasteiger partial charge in [0.15, 0.2) is 5.78 Å².